The van der Waals surface area contributed by atoms with Gasteiger partial charge in [0, 0.05) is 6.42 Å². The Morgan fingerprint density at radius 1 is 1.12 bits per heavy atom. The first-order chi connectivity index (χ1) is 15.7. The molecule has 0 radical (unpaired) electrons. The van der Waals surface area contributed by atoms with Crippen LogP contribution in [-0.4, -0.2) is 34.0 Å². The maximum Gasteiger partial charge on any atom is 0.231 e. The van der Waals surface area contributed by atoms with Crippen molar-refractivity contribution in [2.45, 2.75) is 49.7 Å². The summed E-state index contributed by atoms with van der Waals surface area (Å²) in [5.41, 5.74) is 2.03. The molecular formula is C25H30N4O2S. The first-order valence-electron chi connectivity index (χ1n) is 11.2. The van der Waals surface area contributed by atoms with Crippen LogP contribution in [0.5, 0.6) is 5.75 Å². The van der Waals surface area contributed by atoms with Gasteiger partial charge in [-0.15, -0.1) is 5.10 Å². The van der Waals surface area contributed by atoms with E-state index in [-0.39, 0.29) is 17.7 Å². The minimum atomic E-state index is -0.232. The fourth-order valence-electron chi connectivity index (χ4n) is 4.23. The van der Waals surface area contributed by atoms with Gasteiger partial charge in [-0.1, -0.05) is 79.9 Å². The van der Waals surface area contributed by atoms with Gasteiger partial charge in [0.05, 0.1) is 18.9 Å². The highest BCUT2D eigenvalue weighted by Gasteiger charge is 2.18. The number of nitrogens with zero attached hydrogens (tertiary/aromatic N) is 2. The Balaban J connectivity index is 1.34. The number of aromatic nitrogens is 3. The van der Waals surface area contributed by atoms with E-state index in [1.807, 2.05) is 54.6 Å². The number of carbonyl (C=O) groups excluding carboxylic acids is 1. The van der Waals surface area contributed by atoms with Gasteiger partial charge in [0.2, 0.25) is 11.1 Å². The summed E-state index contributed by atoms with van der Waals surface area (Å²) in [7, 11) is 1.64. The summed E-state index contributed by atoms with van der Waals surface area (Å²) in [5, 5.41) is 11.1. The molecule has 1 atom stereocenters. The van der Waals surface area contributed by atoms with Crippen molar-refractivity contribution in [2.24, 2.45) is 5.92 Å². The second kappa shape index (κ2) is 11.2. The average molecular weight is 451 g/mol. The Hall–Kier alpha value is -2.80. The Kier molecular flexibility index (Phi) is 7.82. The Morgan fingerprint density at radius 3 is 2.56 bits per heavy atom. The third-order valence-electron chi connectivity index (χ3n) is 6.00. The molecular weight excluding hydrogens is 420 g/mol. The predicted molar refractivity (Wildman–Crippen MR) is 127 cm³/mol. The van der Waals surface area contributed by atoms with E-state index in [0.29, 0.717) is 5.16 Å². The molecule has 1 fully saturated rings. The average Bonchev–Trinajstić information content (AvgIpc) is 3.52. The molecule has 0 aliphatic heterocycles. The zero-order valence-corrected chi connectivity index (χ0v) is 19.2. The number of hydrogen-bond acceptors (Lipinski definition) is 5. The number of amides is 1. The molecule has 0 saturated heterocycles. The van der Waals surface area contributed by atoms with Crippen LogP contribution in [0.2, 0.25) is 0 Å². The third kappa shape index (κ3) is 6.13. The van der Waals surface area contributed by atoms with E-state index in [2.05, 4.69) is 20.5 Å². The van der Waals surface area contributed by atoms with E-state index in [9.17, 15) is 4.79 Å². The number of aryl methyl sites for hydroxylation is 1. The molecule has 1 aliphatic carbocycles. The van der Waals surface area contributed by atoms with Crippen LogP contribution in [-0.2, 0) is 11.2 Å². The largest absolute Gasteiger partial charge is 0.497 e. The topological polar surface area (TPSA) is 79.9 Å². The standard InChI is InChI=1S/C25H30N4O2S/c1-31-21-14-12-20(13-15-21)24(19-9-3-2-4-10-19)27-23(30)17-32-25-26-22(28-29-25)16-11-18-7-5-6-8-18/h2-4,9-10,12-15,18,24H,5-8,11,16-17H2,1H3,(H,27,30)(H,26,28,29). The molecule has 1 amide bonds. The van der Waals surface area contributed by atoms with Gasteiger partial charge >= 0.3 is 0 Å². The predicted octanol–water partition coefficient (Wildman–Crippen LogP) is 4.93. The van der Waals surface area contributed by atoms with Crippen LogP contribution in [0.1, 0.15) is 55.1 Å². The lowest BCUT2D eigenvalue weighted by atomic mass is 9.98. The number of rotatable bonds is 10. The van der Waals surface area contributed by atoms with Crippen molar-refractivity contribution in [3.63, 3.8) is 0 Å². The second-order valence-corrected chi connectivity index (χ2v) is 9.17. The van der Waals surface area contributed by atoms with Gasteiger partial charge in [-0.2, -0.15) is 0 Å². The van der Waals surface area contributed by atoms with E-state index in [1.165, 1.54) is 43.9 Å². The van der Waals surface area contributed by atoms with Crippen LogP contribution >= 0.6 is 11.8 Å². The summed E-state index contributed by atoms with van der Waals surface area (Å²) in [6.45, 7) is 0. The van der Waals surface area contributed by atoms with Gasteiger partial charge in [-0.3, -0.25) is 9.89 Å². The van der Waals surface area contributed by atoms with Gasteiger partial charge in [-0.25, -0.2) is 4.98 Å². The normalized spacial score (nSPS) is 14.9. The number of H-pyrrole nitrogens is 1. The Labute approximate surface area is 193 Å². The van der Waals surface area contributed by atoms with Gasteiger partial charge in [0.1, 0.15) is 11.6 Å². The van der Waals surface area contributed by atoms with Crippen LogP contribution in [0.4, 0.5) is 0 Å². The highest BCUT2D eigenvalue weighted by atomic mass is 32.2. The summed E-state index contributed by atoms with van der Waals surface area (Å²) in [6.07, 6.45) is 7.49. The number of benzene rings is 2. The minimum Gasteiger partial charge on any atom is -0.497 e. The molecule has 2 N–H and O–H groups in total. The van der Waals surface area contributed by atoms with Crippen LogP contribution in [0.25, 0.3) is 0 Å². The summed E-state index contributed by atoms with van der Waals surface area (Å²) in [4.78, 5) is 17.3. The molecule has 1 heterocycles. The van der Waals surface area contributed by atoms with Crippen molar-refractivity contribution < 1.29 is 9.53 Å². The number of hydrogen-bond donors (Lipinski definition) is 2. The van der Waals surface area contributed by atoms with Crippen LogP contribution in [0, 0.1) is 5.92 Å². The summed E-state index contributed by atoms with van der Waals surface area (Å²) in [5.74, 6) is 2.74. The second-order valence-electron chi connectivity index (χ2n) is 8.23. The summed E-state index contributed by atoms with van der Waals surface area (Å²) in [6, 6.07) is 17.5. The molecule has 7 heteroatoms. The lowest BCUT2D eigenvalue weighted by molar-refractivity contribution is -0.119. The highest BCUT2D eigenvalue weighted by molar-refractivity contribution is 7.99. The van der Waals surface area contributed by atoms with Gasteiger partial charge < -0.3 is 10.1 Å². The summed E-state index contributed by atoms with van der Waals surface area (Å²) >= 11 is 1.36. The quantitative estimate of drug-likeness (QED) is 0.428. The maximum absolute atomic E-state index is 12.8. The summed E-state index contributed by atoms with van der Waals surface area (Å²) < 4.78 is 5.26. The zero-order chi connectivity index (χ0) is 22.2. The van der Waals surface area contributed by atoms with E-state index in [1.54, 1.807) is 7.11 Å². The molecule has 3 aromatic rings. The molecule has 168 valence electrons. The smallest absolute Gasteiger partial charge is 0.231 e. The molecule has 0 bridgehead atoms. The molecule has 1 aromatic heterocycles. The minimum absolute atomic E-state index is 0.0584. The maximum atomic E-state index is 12.8. The monoisotopic (exact) mass is 450 g/mol. The van der Waals surface area contributed by atoms with E-state index in [4.69, 9.17) is 4.74 Å². The Morgan fingerprint density at radius 2 is 1.84 bits per heavy atom. The molecule has 0 spiro atoms. The third-order valence-corrected chi connectivity index (χ3v) is 6.84. The van der Waals surface area contributed by atoms with Crippen LogP contribution < -0.4 is 10.1 Å². The van der Waals surface area contributed by atoms with Crippen molar-refractivity contribution in [1.29, 1.82) is 0 Å². The van der Waals surface area contributed by atoms with Gasteiger partial charge in [-0.05, 0) is 35.6 Å². The fraction of sp³-hybridized carbons (Fsp3) is 0.400. The van der Waals surface area contributed by atoms with E-state index in [0.717, 1.165) is 35.0 Å². The number of carbonyl (C=O) groups is 1. The molecule has 1 unspecified atom stereocenters. The molecule has 1 aliphatic rings. The van der Waals surface area contributed by atoms with Gasteiger partial charge in [0.25, 0.3) is 0 Å². The van der Waals surface area contributed by atoms with Crippen molar-refractivity contribution in [2.75, 3.05) is 12.9 Å². The molecule has 4 rings (SSSR count). The molecule has 2 aromatic carbocycles. The van der Waals surface area contributed by atoms with Gasteiger partial charge in [0.15, 0.2) is 0 Å². The SMILES string of the molecule is COc1ccc(C(NC(=O)CSc2n[nH]c(CCC3CCCC3)n2)c2ccccc2)cc1. The lowest BCUT2D eigenvalue weighted by Crippen LogP contribution is -2.30. The molecule has 1 saturated carbocycles. The highest BCUT2D eigenvalue weighted by Crippen LogP contribution is 2.28. The van der Waals surface area contributed by atoms with Crippen molar-refractivity contribution in [3.8, 4) is 5.75 Å². The first kappa shape index (κ1) is 22.4. The number of thioether (sulfide) groups is 1. The van der Waals surface area contributed by atoms with Crippen molar-refractivity contribution in [1.82, 2.24) is 20.5 Å². The molecule has 6 nitrogen and oxygen atoms in total. The van der Waals surface area contributed by atoms with Crippen molar-refractivity contribution >= 4 is 17.7 Å². The number of methoxy groups -OCH3 is 1. The van der Waals surface area contributed by atoms with Crippen molar-refractivity contribution in [3.05, 3.63) is 71.5 Å². The lowest BCUT2D eigenvalue weighted by Gasteiger charge is -2.20. The number of aromatic amines is 1. The number of nitrogens with one attached hydrogen (secondary N) is 2. The van der Waals surface area contributed by atoms with E-state index < -0.39 is 0 Å². The zero-order valence-electron chi connectivity index (χ0n) is 18.4. The first-order valence-corrected chi connectivity index (χ1v) is 12.2. The fourth-order valence-corrected chi connectivity index (χ4v) is 4.86. The van der Waals surface area contributed by atoms with E-state index >= 15 is 0 Å². The van der Waals surface area contributed by atoms with Crippen LogP contribution in [0.3, 0.4) is 0 Å². The molecule has 32 heavy (non-hydrogen) atoms. The van der Waals surface area contributed by atoms with Crippen LogP contribution in [0.15, 0.2) is 59.8 Å². The number of ether oxygens (including phenoxy) is 1. The Bertz CT molecular complexity index is 985.